The van der Waals surface area contributed by atoms with E-state index in [1.807, 2.05) is 20.8 Å². The van der Waals surface area contributed by atoms with Crippen LogP contribution in [-0.4, -0.2) is 28.0 Å². The van der Waals surface area contributed by atoms with Gasteiger partial charge in [0, 0.05) is 17.9 Å². The second-order valence-corrected chi connectivity index (χ2v) is 5.29. The molecule has 1 aromatic heterocycles. The average molecular weight is 287 g/mol. The van der Waals surface area contributed by atoms with Crippen molar-refractivity contribution in [2.75, 3.05) is 11.9 Å². The van der Waals surface area contributed by atoms with Gasteiger partial charge in [-0.1, -0.05) is 0 Å². The van der Waals surface area contributed by atoms with Gasteiger partial charge in [-0.15, -0.1) is 0 Å². The molecule has 0 aromatic carbocycles. The van der Waals surface area contributed by atoms with E-state index in [-0.39, 0.29) is 18.0 Å². The van der Waals surface area contributed by atoms with Gasteiger partial charge in [-0.25, -0.2) is 9.97 Å². The van der Waals surface area contributed by atoms with Crippen LogP contribution in [0.1, 0.15) is 20.8 Å². The van der Waals surface area contributed by atoms with E-state index in [0.29, 0.717) is 5.95 Å². The molecule has 2 N–H and O–H groups in total. The van der Waals surface area contributed by atoms with E-state index in [1.165, 1.54) is 0 Å². The standard InChI is InChI=1S/C10H15BrN4O/c1-10(2,3)15-8(16)6-14-9-12-4-7(11)5-13-9/h4-5H,6H2,1-3H3,(H,15,16)(H,12,13,14). The molecule has 0 bridgehead atoms. The second kappa shape index (κ2) is 5.25. The molecule has 1 aromatic rings. The zero-order valence-corrected chi connectivity index (χ0v) is 11.1. The third-order valence-electron chi connectivity index (χ3n) is 1.54. The highest BCUT2D eigenvalue weighted by Gasteiger charge is 2.13. The summed E-state index contributed by atoms with van der Waals surface area (Å²) < 4.78 is 0.803. The highest BCUT2D eigenvalue weighted by atomic mass is 79.9. The maximum atomic E-state index is 11.5. The normalized spacial score (nSPS) is 11.0. The van der Waals surface area contributed by atoms with E-state index in [2.05, 4.69) is 36.5 Å². The summed E-state index contributed by atoms with van der Waals surface area (Å²) >= 11 is 3.23. The molecule has 0 spiro atoms. The van der Waals surface area contributed by atoms with Gasteiger partial charge in [-0.05, 0) is 36.7 Å². The Morgan fingerprint density at radius 3 is 2.44 bits per heavy atom. The monoisotopic (exact) mass is 286 g/mol. The Morgan fingerprint density at radius 1 is 1.38 bits per heavy atom. The van der Waals surface area contributed by atoms with Crippen LogP contribution in [0.3, 0.4) is 0 Å². The molecular weight excluding hydrogens is 272 g/mol. The highest BCUT2D eigenvalue weighted by Crippen LogP contribution is 2.06. The molecule has 1 amide bonds. The van der Waals surface area contributed by atoms with E-state index in [1.54, 1.807) is 12.4 Å². The molecule has 16 heavy (non-hydrogen) atoms. The van der Waals surface area contributed by atoms with Gasteiger partial charge in [-0.2, -0.15) is 0 Å². The minimum atomic E-state index is -0.223. The van der Waals surface area contributed by atoms with Gasteiger partial charge < -0.3 is 10.6 Å². The Bertz CT molecular complexity index is 358. The summed E-state index contributed by atoms with van der Waals surface area (Å²) in [6.07, 6.45) is 3.24. The predicted octanol–water partition coefficient (Wildman–Crippen LogP) is 1.57. The summed E-state index contributed by atoms with van der Waals surface area (Å²) in [6.45, 7) is 5.96. The van der Waals surface area contributed by atoms with Crippen molar-refractivity contribution in [3.05, 3.63) is 16.9 Å². The van der Waals surface area contributed by atoms with Crippen LogP contribution in [0.4, 0.5) is 5.95 Å². The van der Waals surface area contributed by atoms with Crippen molar-refractivity contribution in [2.45, 2.75) is 26.3 Å². The number of hydrogen-bond donors (Lipinski definition) is 2. The van der Waals surface area contributed by atoms with E-state index in [4.69, 9.17) is 0 Å². The largest absolute Gasteiger partial charge is 0.350 e. The van der Waals surface area contributed by atoms with Gasteiger partial charge >= 0.3 is 0 Å². The molecule has 88 valence electrons. The number of aromatic nitrogens is 2. The molecule has 0 fully saturated rings. The van der Waals surface area contributed by atoms with Crippen LogP contribution in [-0.2, 0) is 4.79 Å². The van der Waals surface area contributed by atoms with E-state index < -0.39 is 0 Å². The third-order valence-corrected chi connectivity index (χ3v) is 1.95. The lowest BCUT2D eigenvalue weighted by Gasteiger charge is -2.20. The summed E-state index contributed by atoms with van der Waals surface area (Å²) in [7, 11) is 0. The quantitative estimate of drug-likeness (QED) is 0.885. The molecule has 0 atom stereocenters. The van der Waals surface area contributed by atoms with Crippen molar-refractivity contribution in [3.8, 4) is 0 Å². The van der Waals surface area contributed by atoms with Crippen LogP contribution >= 0.6 is 15.9 Å². The first-order chi connectivity index (χ1) is 7.37. The highest BCUT2D eigenvalue weighted by molar-refractivity contribution is 9.10. The topological polar surface area (TPSA) is 66.9 Å². The number of anilines is 1. The lowest BCUT2D eigenvalue weighted by molar-refractivity contribution is -0.120. The fourth-order valence-corrected chi connectivity index (χ4v) is 1.23. The molecule has 0 aliphatic heterocycles. The number of carbonyl (C=O) groups is 1. The number of rotatable bonds is 3. The Hall–Kier alpha value is -1.17. The molecule has 0 saturated carbocycles. The van der Waals surface area contributed by atoms with Crippen LogP contribution in [0.15, 0.2) is 16.9 Å². The third kappa shape index (κ3) is 5.06. The number of halogens is 1. The van der Waals surface area contributed by atoms with Crippen molar-refractivity contribution in [1.82, 2.24) is 15.3 Å². The molecule has 5 nitrogen and oxygen atoms in total. The second-order valence-electron chi connectivity index (χ2n) is 4.38. The Kier molecular flexibility index (Phi) is 4.23. The van der Waals surface area contributed by atoms with Crippen LogP contribution in [0, 0.1) is 0 Å². The molecule has 1 rings (SSSR count). The molecular formula is C10H15BrN4O. The number of carbonyl (C=O) groups excluding carboxylic acids is 1. The maximum absolute atomic E-state index is 11.5. The van der Waals surface area contributed by atoms with Gasteiger partial charge in [0.1, 0.15) is 0 Å². The molecule has 1 heterocycles. The van der Waals surface area contributed by atoms with Crippen molar-refractivity contribution in [1.29, 1.82) is 0 Å². The predicted molar refractivity (Wildman–Crippen MR) is 66.1 cm³/mol. The minimum absolute atomic E-state index is 0.0842. The van der Waals surface area contributed by atoms with Gasteiger partial charge in [0.15, 0.2) is 0 Å². The number of hydrogen-bond acceptors (Lipinski definition) is 4. The summed E-state index contributed by atoms with van der Waals surface area (Å²) in [5.74, 6) is 0.353. The fourth-order valence-electron chi connectivity index (χ4n) is 1.03. The summed E-state index contributed by atoms with van der Waals surface area (Å²) in [5, 5.41) is 5.67. The van der Waals surface area contributed by atoms with E-state index in [9.17, 15) is 4.79 Å². The molecule has 0 saturated heterocycles. The van der Waals surface area contributed by atoms with Crippen LogP contribution < -0.4 is 10.6 Å². The number of amides is 1. The average Bonchev–Trinajstić information content (AvgIpc) is 2.14. The van der Waals surface area contributed by atoms with Crippen LogP contribution in [0.5, 0.6) is 0 Å². The first-order valence-corrected chi connectivity index (χ1v) is 5.68. The first-order valence-electron chi connectivity index (χ1n) is 4.89. The van der Waals surface area contributed by atoms with Crippen molar-refractivity contribution in [3.63, 3.8) is 0 Å². The zero-order valence-electron chi connectivity index (χ0n) is 9.54. The number of nitrogens with one attached hydrogen (secondary N) is 2. The molecule has 0 radical (unpaired) electrons. The Balaban J connectivity index is 2.40. The molecule has 0 unspecified atom stereocenters. The van der Waals surface area contributed by atoms with E-state index in [0.717, 1.165) is 4.47 Å². The van der Waals surface area contributed by atoms with Crippen LogP contribution in [0.2, 0.25) is 0 Å². The van der Waals surface area contributed by atoms with Gasteiger partial charge in [0.05, 0.1) is 11.0 Å². The Labute approximate surface area is 103 Å². The lowest BCUT2D eigenvalue weighted by Crippen LogP contribution is -2.43. The molecule has 0 aliphatic rings. The smallest absolute Gasteiger partial charge is 0.239 e. The van der Waals surface area contributed by atoms with Gasteiger partial charge in [-0.3, -0.25) is 4.79 Å². The van der Waals surface area contributed by atoms with Crippen LogP contribution in [0.25, 0.3) is 0 Å². The molecule has 0 aliphatic carbocycles. The molecule has 6 heteroatoms. The summed E-state index contributed by atoms with van der Waals surface area (Å²) in [4.78, 5) is 19.5. The lowest BCUT2D eigenvalue weighted by atomic mass is 10.1. The summed E-state index contributed by atoms with van der Waals surface area (Å²) in [5.41, 5.74) is -0.223. The minimum Gasteiger partial charge on any atom is -0.350 e. The zero-order chi connectivity index (χ0) is 12.2. The number of nitrogens with zero attached hydrogens (tertiary/aromatic N) is 2. The fraction of sp³-hybridized carbons (Fsp3) is 0.500. The first kappa shape index (κ1) is 12.9. The summed E-state index contributed by atoms with van der Waals surface area (Å²) in [6, 6.07) is 0. The van der Waals surface area contributed by atoms with Gasteiger partial charge in [0.2, 0.25) is 11.9 Å². The van der Waals surface area contributed by atoms with Crippen molar-refractivity contribution in [2.24, 2.45) is 0 Å². The maximum Gasteiger partial charge on any atom is 0.239 e. The van der Waals surface area contributed by atoms with Crippen molar-refractivity contribution < 1.29 is 4.79 Å². The van der Waals surface area contributed by atoms with Gasteiger partial charge in [0.25, 0.3) is 0 Å². The van der Waals surface area contributed by atoms with Crippen molar-refractivity contribution >= 4 is 27.8 Å². The van der Waals surface area contributed by atoms with E-state index >= 15 is 0 Å². The Morgan fingerprint density at radius 2 is 1.94 bits per heavy atom. The SMILES string of the molecule is CC(C)(C)NC(=O)CNc1ncc(Br)cn1.